The van der Waals surface area contributed by atoms with E-state index in [-0.39, 0.29) is 12.1 Å². The van der Waals surface area contributed by atoms with Crippen LogP contribution in [0.25, 0.3) is 0 Å². The van der Waals surface area contributed by atoms with E-state index < -0.39 is 0 Å². The van der Waals surface area contributed by atoms with Gasteiger partial charge in [0.2, 0.25) is 0 Å². The molecule has 0 bridgehead atoms. The van der Waals surface area contributed by atoms with Crippen LogP contribution in [0.5, 0.6) is 5.75 Å². The molecule has 0 radical (unpaired) electrons. The van der Waals surface area contributed by atoms with Crippen LogP contribution in [0.1, 0.15) is 31.9 Å². The van der Waals surface area contributed by atoms with Gasteiger partial charge < -0.3 is 9.84 Å². The van der Waals surface area contributed by atoms with Crippen molar-refractivity contribution in [1.82, 2.24) is 4.90 Å². The zero-order valence-electron chi connectivity index (χ0n) is 10.6. The number of hydrogen-bond acceptors (Lipinski definition) is 3. The maximum Gasteiger partial charge on any atom is 0.120 e. The highest BCUT2D eigenvalue weighted by molar-refractivity contribution is 5.34. The van der Waals surface area contributed by atoms with Gasteiger partial charge in [-0.2, -0.15) is 0 Å². The first-order valence-corrected chi connectivity index (χ1v) is 6.32. The molecule has 1 fully saturated rings. The minimum absolute atomic E-state index is 0.236. The van der Waals surface area contributed by atoms with Gasteiger partial charge in [-0.1, -0.05) is 18.2 Å². The van der Waals surface area contributed by atoms with Gasteiger partial charge in [-0.25, -0.2) is 0 Å². The van der Waals surface area contributed by atoms with E-state index in [0.29, 0.717) is 5.75 Å². The third-order valence-electron chi connectivity index (χ3n) is 3.42. The van der Waals surface area contributed by atoms with Crippen LogP contribution >= 0.6 is 0 Å². The molecule has 0 saturated carbocycles. The van der Waals surface area contributed by atoms with Gasteiger partial charge in [0.1, 0.15) is 5.75 Å². The van der Waals surface area contributed by atoms with E-state index >= 15 is 0 Å². The van der Waals surface area contributed by atoms with Crippen molar-refractivity contribution in [2.24, 2.45) is 0 Å². The zero-order valence-corrected chi connectivity index (χ0v) is 10.6. The van der Waals surface area contributed by atoms with E-state index in [9.17, 15) is 5.11 Å². The molecule has 1 heterocycles. The lowest BCUT2D eigenvalue weighted by atomic mass is 10.1. The molecule has 1 aliphatic rings. The molecule has 0 amide bonds. The summed E-state index contributed by atoms with van der Waals surface area (Å²) in [5, 5.41) is 9.89. The van der Waals surface area contributed by atoms with Gasteiger partial charge in [0, 0.05) is 31.3 Å². The Labute approximate surface area is 103 Å². The molecule has 0 spiro atoms. The summed E-state index contributed by atoms with van der Waals surface area (Å²) in [5.74, 6) is 0.387. The molecule has 3 nitrogen and oxygen atoms in total. The molecular formula is C14H21NO2. The van der Waals surface area contributed by atoms with Crippen LogP contribution in [-0.4, -0.2) is 35.8 Å². The fourth-order valence-electron chi connectivity index (χ4n) is 2.42. The molecule has 2 rings (SSSR count). The topological polar surface area (TPSA) is 32.7 Å². The monoisotopic (exact) mass is 235 g/mol. The summed E-state index contributed by atoms with van der Waals surface area (Å²) in [4.78, 5) is 2.38. The predicted octanol–water partition coefficient (Wildman–Crippen LogP) is 2.56. The minimum atomic E-state index is 0.236. The second-order valence-electron chi connectivity index (χ2n) is 4.76. The molecule has 2 unspecified atom stereocenters. The van der Waals surface area contributed by atoms with Crippen LogP contribution in [0.3, 0.4) is 0 Å². The molecule has 1 aromatic carbocycles. The fraction of sp³-hybridized carbons (Fsp3) is 0.571. The average Bonchev–Trinajstić information content (AvgIpc) is 2.54. The van der Waals surface area contributed by atoms with Crippen molar-refractivity contribution in [2.45, 2.75) is 32.4 Å². The van der Waals surface area contributed by atoms with E-state index in [2.05, 4.69) is 18.7 Å². The predicted molar refractivity (Wildman–Crippen MR) is 68.1 cm³/mol. The Bertz CT molecular complexity index is 367. The molecule has 94 valence electrons. The third-order valence-corrected chi connectivity index (χ3v) is 3.42. The molecule has 1 N–H and O–H groups in total. The summed E-state index contributed by atoms with van der Waals surface area (Å²) in [6.45, 7) is 7.05. The number of aromatic hydroxyl groups is 1. The van der Waals surface area contributed by atoms with Gasteiger partial charge in [-0.3, -0.25) is 4.90 Å². The quantitative estimate of drug-likeness (QED) is 0.855. The number of para-hydroxylation sites is 1. The van der Waals surface area contributed by atoms with Gasteiger partial charge in [-0.05, 0) is 26.3 Å². The first-order valence-electron chi connectivity index (χ1n) is 6.32. The molecule has 1 aromatic rings. The van der Waals surface area contributed by atoms with Crippen molar-refractivity contribution in [2.75, 3.05) is 19.7 Å². The first kappa shape index (κ1) is 12.4. The normalized spacial score (nSPS) is 24.2. The lowest BCUT2D eigenvalue weighted by Gasteiger charge is -2.29. The number of ether oxygens (including phenoxy) is 1. The summed E-state index contributed by atoms with van der Waals surface area (Å²) in [6, 6.07) is 7.82. The third kappa shape index (κ3) is 2.99. The molecule has 0 aliphatic carbocycles. The summed E-state index contributed by atoms with van der Waals surface area (Å²) >= 11 is 0. The number of benzene rings is 1. The minimum Gasteiger partial charge on any atom is -0.508 e. The average molecular weight is 235 g/mol. The van der Waals surface area contributed by atoms with Crippen LogP contribution < -0.4 is 0 Å². The SMILES string of the molecule is CC1CN(C(C)c2ccccc2O)CCCO1. The Kier molecular flexibility index (Phi) is 4.02. The lowest BCUT2D eigenvalue weighted by Crippen LogP contribution is -2.32. The maximum atomic E-state index is 9.89. The molecule has 1 saturated heterocycles. The highest BCUT2D eigenvalue weighted by Crippen LogP contribution is 2.28. The number of phenolic OH excluding ortho intramolecular Hbond substituents is 1. The number of nitrogens with zero attached hydrogens (tertiary/aromatic N) is 1. The second kappa shape index (κ2) is 5.52. The van der Waals surface area contributed by atoms with Crippen molar-refractivity contribution < 1.29 is 9.84 Å². The van der Waals surface area contributed by atoms with E-state index in [1.807, 2.05) is 18.2 Å². The zero-order chi connectivity index (χ0) is 12.3. The first-order chi connectivity index (χ1) is 8.18. The lowest BCUT2D eigenvalue weighted by molar-refractivity contribution is 0.0618. The molecular weight excluding hydrogens is 214 g/mol. The number of rotatable bonds is 2. The van der Waals surface area contributed by atoms with Crippen molar-refractivity contribution in [3.8, 4) is 5.75 Å². The highest BCUT2D eigenvalue weighted by Gasteiger charge is 2.22. The van der Waals surface area contributed by atoms with E-state index in [1.165, 1.54) is 0 Å². The van der Waals surface area contributed by atoms with Crippen molar-refractivity contribution in [3.05, 3.63) is 29.8 Å². The number of phenols is 1. The number of hydrogen-bond donors (Lipinski definition) is 1. The van der Waals surface area contributed by atoms with Crippen molar-refractivity contribution in [3.63, 3.8) is 0 Å². The van der Waals surface area contributed by atoms with Gasteiger partial charge in [0.05, 0.1) is 6.10 Å². The Hall–Kier alpha value is -1.06. The van der Waals surface area contributed by atoms with Gasteiger partial charge >= 0.3 is 0 Å². The Morgan fingerprint density at radius 1 is 1.41 bits per heavy atom. The van der Waals surface area contributed by atoms with Crippen LogP contribution in [0.4, 0.5) is 0 Å². The van der Waals surface area contributed by atoms with Crippen LogP contribution in [0.2, 0.25) is 0 Å². The summed E-state index contributed by atoms with van der Waals surface area (Å²) in [6.07, 6.45) is 1.33. The van der Waals surface area contributed by atoms with E-state index in [0.717, 1.165) is 31.7 Å². The summed E-state index contributed by atoms with van der Waals surface area (Å²) in [5.41, 5.74) is 1.00. The Morgan fingerprint density at radius 2 is 2.18 bits per heavy atom. The second-order valence-corrected chi connectivity index (χ2v) is 4.76. The van der Waals surface area contributed by atoms with Crippen LogP contribution in [-0.2, 0) is 4.74 Å². The fourth-order valence-corrected chi connectivity index (χ4v) is 2.42. The largest absolute Gasteiger partial charge is 0.508 e. The van der Waals surface area contributed by atoms with Crippen LogP contribution in [0.15, 0.2) is 24.3 Å². The molecule has 2 atom stereocenters. The van der Waals surface area contributed by atoms with Crippen LogP contribution in [0, 0.1) is 0 Å². The van der Waals surface area contributed by atoms with E-state index in [4.69, 9.17) is 4.74 Å². The highest BCUT2D eigenvalue weighted by atomic mass is 16.5. The summed E-state index contributed by atoms with van der Waals surface area (Å²) in [7, 11) is 0. The van der Waals surface area contributed by atoms with Gasteiger partial charge in [0.15, 0.2) is 0 Å². The van der Waals surface area contributed by atoms with Gasteiger partial charge in [0.25, 0.3) is 0 Å². The Morgan fingerprint density at radius 3 is 2.94 bits per heavy atom. The van der Waals surface area contributed by atoms with E-state index in [1.54, 1.807) is 6.07 Å². The standard InChI is InChI=1S/C14H21NO2/c1-11-10-15(8-5-9-17-11)12(2)13-6-3-4-7-14(13)16/h3-4,6-7,11-12,16H,5,8-10H2,1-2H3. The molecule has 0 aromatic heterocycles. The summed E-state index contributed by atoms with van der Waals surface area (Å²) < 4.78 is 5.65. The van der Waals surface area contributed by atoms with Gasteiger partial charge in [-0.15, -0.1) is 0 Å². The maximum absolute atomic E-state index is 9.89. The van der Waals surface area contributed by atoms with Crippen molar-refractivity contribution in [1.29, 1.82) is 0 Å². The molecule has 3 heteroatoms. The Balaban J connectivity index is 2.13. The molecule has 17 heavy (non-hydrogen) atoms. The molecule has 1 aliphatic heterocycles. The smallest absolute Gasteiger partial charge is 0.120 e. The van der Waals surface area contributed by atoms with Crippen molar-refractivity contribution >= 4 is 0 Å².